The van der Waals surface area contributed by atoms with E-state index in [1.54, 1.807) is 26.1 Å². The number of halogens is 3. The van der Waals surface area contributed by atoms with Crippen LogP contribution in [0.25, 0.3) is 0 Å². The van der Waals surface area contributed by atoms with E-state index in [1.807, 2.05) is 0 Å². The summed E-state index contributed by atoms with van der Waals surface area (Å²) in [5.41, 5.74) is 1.17. The summed E-state index contributed by atoms with van der Waals surface area (Å²) in [6, 6.07) is 4.75. The smallest absolute Gasteiger partial charge is 0.143 e. The Hall–Kier alpha value is -0.910. The molecule has 2 aromatic rings. The highest BCUT2D eigenvalue weighted by atomic mass is 79.9. The van der Waals surface area contributed by atoms with Gasteiger partial charge >= 0.3 is 0 Å². The van der Waals surface area contributed by atoms with Gasteiger partial charge in [-0.3, -0.25) is 4.68 Å². The first kappa shape index (κ1) is 13.5. The Balaban J connectivity index is 2.54. The normalized spacial score (nSPS) is 12.8. The zero-order valence-corrected chi connectivity index (χ0v) is 12.1. The summed E-state index contributed by atoms with van der Waals surface area (Å²) in [7, 11) is 1.67. The zero-order chi connectivity index (χ0) is 13.4. The van der Waals surface area contributed by atoms with Gasteiger partial charge in [-0.1, -0.05) is 23.7 Å². The van der Waals surface area contributed by atoms with Crippen molar-refractivity contribution in [3.8, 4) is 0 Å². The molecule has 1 unspecified atom stereocenters. The van der Waals surface area contributed by atoms with Crippen LogP contribution < -0.4 is 0 Å². The molecule has 1 aromatic heterocycles. The molecule has 3 nitrogen and oxygen atoms in total. The van der Waals surface area contributed by atoms with Crippen molar-refractivity contribution >= 4 is 27.5 Å². The molecule has 0 spiro atoms. The lowest BCUT2D eigenvalue weighted by molar-refractivity contribution is 0.214. The van der Waals surface area contributed by atoms with Crippen molar-refractivity contribution in [3.63, 3.8) is 0 Å². The molecule has 96 valence electrons. The quantitative estimate of drug-likeness (QED) is 0.915. The van der Waals surface area contributed by atoms with Crippen LogP contribution in [0.1, 0.15) is 22.9 Å². The molecular weight excluding hydrogens is 322 g/mol. The van der Waals surface area contributed by atoms with Gasteiger partial charge in [-0.25, -0.2) is 4.39 Å². The van der Waals surface area contributed by atoms with Crippen LogP contribution in [0.2, 0.25) is 5.15 Å². The fourth-order valence-corrected chi connectivity index (χ4v) is 2.50. The molecule has 0 radical (unpaired) electrons. The summed E-state index contributed by atoms with van der Waals surface area (Å²) in [5.74, 6) is -0.496. The van der Waals surface area contributed by atoms with Crippen molar-refractivity contribution in [2.75, 3.05) is 0 Å². The molecule has 1 N–H and O–H groups in total. The third kappa shape index (κ3) is 2.18. The minimum absolute atomic E-state index is 0.169. The number of nitrogens with zero attached hydrogens (tertiary/aromatic N) is 2. The maximum absolute atomic E-state index is 13.9. The van der Waals surface area contributed by atoms with E-state index in [4.69, 9.17) is 11.6 Å². The number of aliphatic hydroxyl groups excluding tert-OH is 1. The minimum atomic E-state index is -1.14. The fourth-order valence-electron chi connectivity index (χ4n) is 1.84. The van der Waals surface area contributed by atoms with Crippen LogP contribution >= 0.6 is 27.5 Å². The van der Waals surface area contributed by atoms with Gasteiger partial charge in [0, 0.05) is 18.2 Å². The molecule has 0 saturated heterocycles. The summed E-state index contributed by atoms with van der Waals surface area (Å²) >= 11 is 9.15. The first-order valence-corrected chi connectivity index (χ1v) is 6.41. The summed E-state index contributed by atoms with van der Waals surface area (Å²) in [4.78, 5) is 0. The average molecular weight is 334 g/mol. The zero-order valence-electron chi connectivity index (χ0n) is 9.78. The molecule has 2 rings (SSSR count). The molecule has 0 aliphatic rings. The summed E-state index contributed by atoms with van der Waals surface area (Å²) < 4.78 is 15.7. The lowest BCUT2D eigenvalue weighted by Crippen LogP contribution is -2.04. The average Bonchev–Trinajstić information content (AvgIpc) is 2.56. The summed E-state index contributed by atoms with van der Waals surface area (Å²) in [6.45, 7) is 1.72. The second kappa shape index (κ2) is 4.99. The molecule has 0 saturated carbocycles. The molecule has 0 amide bonds. The summed E-state index contributed by atoms with van der Waals surface area (Å²) in [5, 5.41) is 14.7. The number of hydrogen-bond donors (Lipinski definition) is 1. The molecule has 1 atom stereocenters. The Labute approximate surface area is 117 Å². The predicted molar refractivity (Wildman–Crippen MR) is 71.1 cm³/mol. The number of benzene rings is 1. The van der Waals surface area contributed by atoms with Crippen LogP contribution in [-0.4, -0.2) is 14.9 Å². The van der Waals surface area contributed by atoms with Crippen molar-refractivity contribution in [2.45, 2.75) is 13.0 Å². The first-order chi connectivity index (χ1) is 8.43. The van der Waals surface area contributed by atoms with Gasteiger partial charge in [0.2, 0.25) is 0 Å². The van der Waals surface area contributed by atoms with Crippen molar-refractivity contribution in [1.82, 2.24) is 9.78 Å². The van der Waals surface area contributed by atoms with Gasteiger partial charge in [0.05, 0.1) is 10.2 Å². The van der Waals surface area contributed by atoms with Crippen LogP contribution in [0.5, 0.6) is 0 Å². The molecule has 0 aliphatic carbocycles. The molecule has 0 bridgehead atoms. The van der Waals surface area contributed by atoms with Crippen molar-refractivity contribution in [3.05, 3.63) is 50.5 Å². The van der Waals surface area contributed by atoms with Crippen LogP contribution in [0.3, 0.4) is 0 Å². The van der Waals surface area contributed by atoms with Crippen LogP contribution in [0.4, 0.5) is 4.39 Å². The topological polar surface area (TPSA) is 38.0 Å². The van der Waals surface area contributed by atoms with Gasteiger partial charge in [-0.2, -0.15) is 5.10 Å². The molecule has 1 heterocycles. The molecular formula is C12H11BrClFN2O. The molecule has 0 aliphatic heterocycles. The number of hydrogen-bond acceptors (Lipinski definition) is 2. The Morgan fingerprint density at radius 1 is 1.50 bits per heavy atom. The Morgan fingerprint density at radius 3 is 2.72 bits per heavy atom. The number of aromatic nitrogens is 2. The van der Waals surface area contributed by atoms with Crippen LogP contribution in [0.15, 0.2) is 22.7 Å². The number of aliphatic hydroxyl groups is 1. The maximum atomic E-state index is 13.9. The van der Waals surface area contributed by atoms with E-state index in [2.05, 4.69) is 21.0 Å². The van der Waals surface area contributed by atoms with Gasteiger partial charge in [0.25, 0.3) is 0 Å². The monoisotopic (exact) mass is 332 g/mol. The minimum Gasteiger partial charge on any atom is -0.383 e. The Morgan fingerprint density at radius 2 is 2.17 bits per heavy atom. The van der Waals surface area contributed by atoms with E-state index in [-0.39, 0.29) is 5.56 Å². The number of rotatable bonds is 2. The predicted octanol–water partition coefficient (Wildman–Crippen LogP) is 3.37. The maximum Gasteiger partial charge on any atom is 0.143 e. The first-order valence-electron chi connectivity index (χ1n) is 5.24. The Kier molecular flexibility index (Phi) is 3.75. The SMILES string of the molecule is Cc1nn(C)c(Cl)c1C(O)c1cccc(Br)c1F. The fraction of sp³-hybridized carbons (Fsp3) is 0.250. The molecule has 6 heteroatoms. The van der Waals surface area contributed by atoms with Gasteiger partial charge in [0.1, 0.15) is 17.1 Å². The second-order valence-corrected chi connectivity index (χ2v) is 5.17. The van der Waals surface area contributed by atoms with Gasteiger partial charge < -0.3 is 5.11 Å². The third-order valence-electron chi connectivity index (χ3n) is 2.75. The highest BCUT2D eigenvalue weighted by Crippen LogP contribution is 2.33. The van der Waals surface area contributed by atoms with Gasteiger partial charge in [-0.05, 0) is 28.9 Å². The molecule has 0 fully saturated rings. The van der Waals surface area contributed by atoms with Gasteiger partial charge in [0.15, 0.2) is 0 Å². The van der Waals surface area contributed by atoms with E-state index < -0.39 is 11.9 Å². The van der Waals surface area contributed by atoms with E-state index in [0.29, 0.717) is 20.9 Å². The van der Waals surface area contributed by atoms with Crippen molar-refractivity contribution in [2.24, 2.45) is 7.05 Å². The Bertz CT molecular complexity index is 600. The lowest BCUT2D eigenvalue weighted by Gasteiger charge is -2.12. The standard InChI is InChI=1S/C12H11BrClFN2O/c1-6-9(12(14)17(2)16-6)11(18)7-4-3-5-8(13)10(7)15/h3-5,11,18H,1-2H3. The molecule has 18 heavy (non-hydrogen) atoms. The number of aryl methyl sites for hydroxylation is 2. The third-order valence-corrected chi connectivity index (χ3v) is 3.81. The molecule has 1 aromatic carbocycles. The van der Waals surface area contributed by atoms with Gasteiger partial charge in [-0.15, -0.1) is 0 Å². The second-order valence-electron chi connectivity index (χ2n) is 3.96. The summed E-state index contributed by atoms with van der Waals surface area (Å²) in [6.07, 6.45) is -1.14. The highest BCUT2D eigenvalue weighted by Gasteiger charge is 2.24. The highest BCUT2D eigenvalue weighted by molar-refractivity contribution is 9.10. The van der Waals surface area contributed by atoms with E-state index in [0.717, 1.165) is 0 Å². The van der Waals surface area contributed by atoms with E-state index in [1.165, 1.54) is 10.7 Å². The van der Waals surface area contributed by atoms with Crippen LogP contribution in [-0.2, 0) is 7.05 Å². The van der Waals surface area contributed by atoms with E-state index >= 15 is 0 Å². The van der Waals surface area contributed by atoms with E-state index in [9.17, 15) is 9.50 Å². The van der Waals surface area contributed by atoms with Crippen LogP contribution in [0, 0.1) is 12.7 Å². The van der Waals surface area contributed by atoms with Crippen molar-refractivity contribution in [1.29, 1.82) is 0 Å². The van der Waals surface area contributed by atoms with Crippen molar-refractivity contribution < 1.29 is 9.50 Å². The lowest BCUT2D eigenvalue weighted by atomic mass is 10.0. The largest absolute Gasteiger partial charge is 0.383 e.